The minimum absolute atomic E-state index is 0.0238. The van der Waals surface area contributed by atoms with Gasteiger partial charge in [-0.15, -0.1) is 0 Å². The topological polar surface area (TPSA) is 49.4 Å². The summed E-state index contributed by atoms with van der Waals surface area (Å²) in [5.74, 6) is -0.0238. The van der Waals surface area contributed by atoms with Crippen molar-refractivity contribution >= 4 is 29.5 Å². The highest BCUT2D eigenvalue weighted by Crippen LogP contribution is 2.30. The van der Waals surface area contributed by atoms with E-state index in [2.05, 4.69) is 5.32 Å². The van der Waals surface area contributed by atoms with Gasteiger partial charge in [-0.05, 0) is 31.0 Å². The van der Waals surface area contributed by atoms with Crippen molar-refractivity contribution in [3.05, 3.63) is 28.8 Å². The van der Waals surface area contributed by atoms with Gasteiger partial charge in [0.15, 0.2) is 6.29 Å². The van der Waals surface area contributed by atoms with Crippen LogP contribution in [0.25, 0.3) is 0 Å². The van der Waals surface area contributed by atoms with Gasteiger partial charge in [-0.3, -0.25) is 9.59 Å². The summed E-state index contributed by atoms with van der Waals surface area (Å²) in [4.78, 5) is 24.8. The van der Waals surface area contributed by atoms with Crippen LogP contribution in [-0.4, -0.2) is 31.8 Å². The average Bonchev–Trinajstić information content (AvgIpc) is 2.86. The minimum Gasteiger partial charge on any atom is -0.359 e. The smallest absolute Gasteiger partial charge is 0.242 e. The Kier molecular flexibility index (Phi) is 3.87. The zero-order chi connectivity index (χ0) is 13.1. The van der Waals surface area contributed by atoms with Gasteiger partial charge in [-0.1, -0.05) is 11.6 Å². The third kappa shape index (κ3) is 2.34. The summed E-state index contributed by atoms with van der Waals surface area (Å²) in [6, 6.07) is 4.89. The Labute approximate surface area is 111 Å². The summed E-state index contributed by atoms with van der Waals surface area (Å²) < 4.78 is 0. The SMILES string of the molecule is CNC(=O)C1CCCN1c1cc(Cl)ccc1C=O. The first-order valence-electron chi connectivity index (χ1n) is 5.90. The molecule has 1 fully saturated rings. The van der Waals surface area contributed by atoms with E-state index in [0.29, 0.717) is 10.6 Å². The first-order valence-corrected chi connectivity index (χ1v) is 6.28. The van der Waals surface area contributed by atoms with E-state index < -0.39 is 0 Å². The zero-order valence-corrected chi connectivity index (χ0v) is 10.9. The molecule has 96 valence electrons. The van der Waals surface area contributed by atoms with Crippen molar-refractivity contribution in [3.8, 4) is 0 Å². The number of hydrogen-bond acceptors (Lipinski definition) is 3. The normalized spacial score (nSPS) is 18.8. The first-order chi connectivity index (χ1) is 8.67. The van der Waals surface area contributed by atoms with Crippen LogP contribution < -0.4 is 10.2 Å². The maximum atomic E-state index is 11.8. The highest BCUT2D eigenvalue weighted by molar-refractivity contribution is 6.31. The molecule has 1 heterocycles. The van der Waals surface area contributed by atoms with Crippen LogP contribution in [0.5, 0.6) is 0 Å². The summed E-state index contributed by atoms with van der Waals surface area (Å²) in [5, 5.41) is 3.22. The third-order valence-electron chi connectivity index (χ3n) is 3.23. The fourth-order valence-corrected chi connectivity index (χ4v) is 2.53. The number of carbonyl (C=O) groups excluding carboxylic acids is 2. The molecule has 1 N–H and O–H groups in total. The Balaban J connectivity index is 2.38. The maximum Gasteiger partial charge on any atom is 0.242 e. The Hall–Kier alpha value is -1.55. The molecule has 4 nitrogen and oxygen atoms in total. The molecule has 18 heavy (non-hydrogen) atoms. The van der Waals surface area contributed by atoms with Crippen molar-refractivity contribution in [3.63, 3.8) is 0 Å². The molecule has 1 amide bonds. The van der Waals surface area contributed by atoms with Crippen molar-refractivity contribution < 1.29 is 9.59 Å². The minimum atomic E-state index is -0.216. The number of hydrogen-bond donors (Lipinski definition) is 1. The number of rotatable bonds is 3. The number of aldehydes is 1. The number of nitrogens with one attached hydrogen (secondary N) is 1. The van der Waals surface area contributed by atoms with E-state index in [1.165, 1.54) is 0 Å². The summed E-state index contributed by atoms with van der Waals surface area (Å²) in [5.41, 5.74) is 1.30. The second kappa shape index (κ2) is 5.40. The molecule has 1 aliphatic rings. The van der Waals surface area contributed by atoms with E-state index in [4.69, 9.17) is 11.6 Å². The quantitative estimate of drug-likeness (QED) is 0.850. The highest BCUT2D eigenvalue weighted by atomic mass is 35.5. The number of nitrogens with zero attached hydrogens (tertiary/aromatic N) is 1. The van der Waals surface area contributed by atoms with Crippen LogP contribution in [0.2, 0.25) is 5.02 Å². The molecule has 1 aliphatic heterocycles. The van der Waals surface area contributed by atoms with Crippen LogP contribution >= 0.6 is 11.6 Å². The summed E-state index contributed by atoms with van der Waals surface area (Å²) >= 11 is 5.97. The van der Waals surface area contributed by atoms with Gasteiger partial charge in [-0.2, -0.15) is 0 Å². The molecular weight excluding hydrogens is 252 g/mol. The molecule has 2 rings (SSSR count). The van der Waals surface area contributed by atoms with Gasteiger partial charge in [0.1, 0.15) is 6.04 Å². The average molecular weight is 267 g/mol. The van der Waals surface area contributed by atoms with Crippen LogP contribution in [0, 0.1) is 0 Å². The molecule has 1 atom stereocenters. The molecule has 0 radical (unpaired) electrons. The highest BCUT2D eigenvalue weighted by Gasteiger charge is 2.31. The fourth-order valence-electron chi connectivity index (χ4n) is 2.36. The predicted octanol–water partition coefficient (Wildman–Crippen LogP) is 1.87. The van der Waals surface area contributed by atoms with E-state index in [1.807, 2.05) is 4.90 Å². The van der Waals surface area contributed by atoms with E-state index in [-0.39, 0.29) is 11.9 Å². The maximum absolute atomic E-state index is 11.8. The van der Waals surface area contributed by atoms with Crippen molar-refractivity contribution in [2.24, 2.45) is 0 Å². The van der Waals surface area contributed by atoms with Gasteiger partial charge < -0.3 is 10.2 Å². The van der Waals surface area contributed by atoms with Crippen molar-refractivity contribution in [1.29, 1.82) is 0 Å². The van der Waals surface area contributed by atoms with Crippen LogP contribution in [0.1, 0.15) is 23.2 Å². The number of amides is 1. The Bertz CT molecular complexity index is 476. The molecule has 0 spiro atoms. The van der Waals surface area contributed by atoms with Gasteiger partial charge in [0.25, 0.3) is 0 Å². The Morgan fingerprint density at radius 3 is 3.00 bits per heavy atom. The number of anilines is 1. The standard InChI is InChI=1S/C13H15ClN2O2/c1-15-13(18)11-3-2-6-16(11)12-7-10(14)5-4-9(12)8-17/h4-5,7-8,11H,2-3,6H2,1H3,(H,15,18). The molecular formula is C13H15ClN2O2. The van der Waals surface area contributed by atoms with E-state index >= 15 is 0 Å². The van der Waals surface area contributed by atoms with E-state index in [1.54, 1.807) is 25.2 Å². The molecule has 1 aromatic carbocycles. The molecule has 0 aliphatic carbocycles. The lowest BCUT2D eigenvalue weighted by atomic mass is 10.1. The van der Waals surface area contributed by atoms with Gasteiger partial charge in [0.2, 0.25) is 5.91 Å². The lowest BCUT2D eigenvalue weighted by Crippen LogP contribution is -2.42. The van der Waals surface area contributed by atoms with E-state index in [0.717, 1.165) is 31.4 Å². The second-order valence-corrected chi connectivity index (χ2v) is 4.72. The largest absolute Gasteiger partial charge is 0.359 e. The van der Waals surface area contributed by atoms with Crippen molar-refractivity contribution in [1.82, 2.24) is 5.32 Å². The number of halogens is 1. The molecule has 0 aromatic heterocycles. The number of likely N-dealkylation sites (N-methyl/N-ethyl adjacent to an activating group) is 1. The van der Waals surface area contributed by atoms with E-state index in [9.17, 15) is 9.59 Å². The number of benzene rings is 1. The Morgan fingerprint density at radius 1 is 1.56 bits per heavy atom. The monoisotopic (exact) mass is 266 g/mol. The molecule has 0 saturated carbocycles. The lowest BCUT2D eigenvalue weighted by molar-refractivity contribution is -0.121. The summed E-state index contributed by atoms with van der Waals surface area (Å²) in [6.07, 6.45) is 2.53. The summed E-state index contributed by atoms with van der Waals surface area (Å²) in [7, 11) is 1.62. The van der Waals surface area contributed by atoms with Gasteiger partial charge in [0.05, 0.1) is 0 Å². The van der Waals surface area contributed by atoms with Gasteiger partial charge >= 0.3 is 0 Å². The van der Waals surface area contributed by atoms with Crippen molar-refractivity contribution in [2.45, 2.75) is 18.9 Å². The molecule has 1 unspecified atom stereocenters. The zero-order valence-electron chi connectivity index (χ0n) is 10.1. The lowest BCUT2D eigenvalue weighted by Gasteiger charge is -2.26. The molecule has 0 bridgehead atoms. The predicted molar refractivity (Wildman–Crippen MR) is 71.3 cm³/mol. The fraction of sp³-hybridized carbons (Fsp3) is 0.385. The van der Waals surface area contributed by atoms with Crippen LogP contribution in [0.3, 0.4) is 0 Å². The second-order valence-electron chi connectivity index (χ2n) is 4.29. The third-order valence-corrected chi connectivity index (χ3v) is 3.47. The summed E-state index contributed by atoms with van der Waals surface area (Å²) in [6.45, 7) is 0.763. The van der Waals surface area contributed by atoms with Crippen LogP contribution in [-0.2, 0) is 4.79 Å². The molecule has 1 aromatic rings. The Morgan fingerprint density at radius 2 is 2.33 bits per heavy atom. The molecule has 5 heteroatoms. The first kappa shape index (κ1) is 12.9. The number of carbonyl (C=O) groups is 2. The van der Waals surface area contributed by atoms with Crippen LogP contribution in [0.15, 0.2) is 18.2 Å². The van der Waals surface area contributed by atoms with Crippen LogP contribution in [0.4, 0.5) is 5.69 Å². The van der Waals surface area contributed by atoms with Gasteiger partial charge in [-0.25, -0.2) is 0 Å². The van der Waals surface area contributed by atoms with Crippen molar-refractivity contribution in [2.75, 3.05) is 18.5 Å². The van der Waals surface area contributed by atoms with Gasteiger partial charge in [0, 0.05) is 29.9 Å². The molecule has 1 saturated heterocycles.